The predicted octanol–water partition coefficient (Wildman–Crippen LogP) is 3.90. The fourth-order valence-corrected chi connectivity index (χ4v) is 4.55. The molecule has 0 amide bonds. The molecule has 0 N–H and O–H groups in total. The molecule has 22 heavy (non-hydrogen) atoms. The molecule has 2 heterocycles. The summed E-state index contributed by atoms with van der Waals surface area (Å²) in [6.07, 6.45) is 2.43. The van der Waals surface area contributed by atoms with Gasteiger partial charge in [0.1, 0.15) is 0 Å². The molecule has 0 bridgehead atoms. The summed E-state index contributed by atoms with van der Waals surface area (Å²) < 4.78 is 0.904. The molecule has 1 fully saturated rings. The SMILES string of the molecule is C[C@@H](Sc1nnc(N2CCCC2)s1)c1cccc([N+](=O)[O-])c1. The summed E-state index contributed by atoms with van der Waals surface area (Å²) in [4.78, 5) is 12.8. The van der Waals surface area contributed by atoms with Crippen LogP contribution in [-0.4, -0.2) is 28.2 Å². The minimum absolute atomic E-state index is 0.0966. The van der Waals surface area contributed by atoms with Crippen molar-refractivity contribution >= 4 is 33.9 Å². The number of anilines is 1. The molecule has 3 rings (SSSR count). The highest BCUT2D eigenvalue weighted by Gasteiger charge is 2.19. The normalized spacial score (nSPS) is 16.0. The maximum absolute atomic E-state index is 10.9. The lowest BCUT2D eigenvalue weighted by Crippen LogP contribution is -2.17. The summed E-state index contributed by atoms with van der Waals surface area (Å²) in [7, 11) is 0. The zero-order valence-corrected chi connectivity index (χ0v) is 13.8. The van der Waals surface area contributed by atoms with Gasteiger partial charge in [-0.15, -0.1) is 10.2 Å². The van der Waals surface area contributed by atoms with E-state index in [0.29, 0.717) is 0 Å². The zero-order valence-electron chi connectivity index (χ0n) is 12.1. The summed E-state index contributed by atoms with van der Waals surface area (Å²) >= 11 is 3.19. The van der Waals surface area contributed by atoms with Crippen molar-refractivity contribution in [2.75, 3.05) is 18.0 Å². The van der Waals surface area contributed by atoms with Gasteiger partial charge < -0.3 is 4.90 Å². The lowest BCUT2D eigenvalue weighted by Gasteiger charge is -2.11. The van der Waals surface area contributed by atoms with E-state index in [1.165, 1.54) is 18.9 Å². The van der Waals surface area contributed by atoms with Gasteiger partial charge in [0, 0.05) is 30.5 Å². The molecule has 1 saturated heterocycles. The molecule has 0 aliphatic carbocycles. The molecule has 1 aromatic carbocycles. The molecule has 1 atom stereocenters. The Labute approximate surface area is 136 Å². The summed E-state index contributed by atoms with van der Waals surface area (Å²) in [6, 6.07) is 6.77. The van der Waals surface area contributed by atoms with Gasteiger partial charge in [-0.1, -0.05) is 35.2 Å². The van der Waals surface area contributed by atoms with Gasteiger partial charge in [0.05, 0.1) is 4.92 Å². The van der Waals surface area contributed by atoms with Crippen LogP contribution >= 0.6 is 23.1 Å². The highest BCUT2D eigenvalue weighted by atomic mass is 32.2. The Morgan fingerprint density at radius 3 is 2.86 bits per heavy atom. The second-order valence-electron chi connectivity index (χ2n) is 5.16. The zero-order chi connectivity index (χ0) is 15.5. The van der Waals surface area contributed by atoms with Crippen LogP contribution in [-0.2, 0) is 0 Å². The molecule has 0 spiro atoms. The minimum Gasteiger partial charge on any atom is -0.347 e. The van der Waals surface area contributed by atoms with Gasteiger partial charge >= 0.3 is 0 Å². The maximum Gasteiger partial charge on any atom is 0.269 e. The topological polar surface area (TPSA) is 72.2 Å². The Kier molecular flexibility index (Phi) is 4.58. The number of hydrogen-bond donors (Lipinski definition) is 0. The van der Waals surface area contributed by atoms with Gasteiger partial charge in [0.25, 0.3) is 5.69 Å². The third kappa shape index (κ3) is 3.38. The molecule has 6 nitrogen and oxygen atoms in total. The first-order chi connectivity index (χ1) is 10.6. The van der Waals surface area contributed by atoms with Crippen molar-refractivity contribution in [2.45, 2.75) is 29.4 Å². The number of nitro groups is 1. The second-order valence-corrected chi connectivity index (χ2v) is 7.70. The second kappa shape index (κ2) is 6.62. The lowest BCUT2D eigenvalue weighted by molar-refractivity contribution is -0.384. The van der Waals surface area contributed by atoms with E-state index in [1.54, 1.807) is 35.2 Å². The fraction of sp³-hybridized carbons (Fsp3) is 0.429. The highest BCUT2D eigenvalue weighted by Crippen LogP contribution is 2.39. The number of thioether (sulfide) groups is 1. The monoisotopic (exact) mass is 336 g/mol. The Hall–Kier alpha value is -1.67. The van der Waals surface area contributed by atoms with Gasteiger partial charge in [-0.2, -0.15) is 0 Å². The average molecular weight is 336 g/mol. The van der Waals surface area contributed by atoms with Crippen molar-refractivity contribution in [1.82, 2.24) is 10.2 Å². The predicted molar refractivity (Wildman–Crippen MR) is 88.7 cm³/mol. The van der Waals surface area contributed by atoms with E-state index >= 15 is 0 Å². The van der Waals surface area contributed by atoms with E-state index in [9.17, 15) is 10.1 Å². The minimum atomic E-state index is -0.364. The number of rotatable bonds is 5. The van der Waals surface area contributed by atoms with Gasteiger partial charge in [-0.25, -0.2) is 0 Å². The fourth-order valence-electron chi connectivity index (χ4n) is 2.40. The standard InChI is InChI=1S/C14H16N4O2S2/c1-10(11-5-4-6-12(9-11)18(19)20)21-14-16-15-13(22-14)17-7-2-3-8-17/h4-6,9-10H,2-3,7-8H2,1H3/t10-/m1/s1. The number of non-ortho nitro benzene ring substituents is 1. The Bertz CT molecular complexity index is 670. The molecule has 1 aliphatic rings. The van der Waals surface area contributed by atoms with E-state index in [2.05, 4.69) is 15.1 Å². The van der Waals surface area contributed by atoms with Crippen LogP contribution in [0.2, 0.25) is 0 Å². The van der Waals surface area contributed by atoms with Crippen molar-refractivity contribution < 1.29 is 4.92 Å². The highest BCUT2D eigenvalue weighted by molar-refractivity contribution is 8.01. The van der Waals surface area contributed by atoms with E-state index in [0.717, 1.165) is 28.1 Å². The summed E-state index contributed by atoms with van der Waals surface area (Å²) in [5.41, 5.74) is 1.05. The molecule has 0 radical (unpaired) electrons. The molecule has 8 heteroatoms. The number of benzene rings is 1. The summed E-state index contributed by atoms with van der Waals surface area (Å²) in [6.45, 7) is 4.14. The van der Waals surface area contributed by atoms with Crippen LogP contribution in [0.15, 0.2) is 28.6 Å². The molecular weight excluding hydrogens is 320 g/mol. The first kappa shape index (κ1) is 15.2. The third-order valence-electron chi connectivity index (χ3n) is 3.60. The number of hydrogen-bond acceptors (Lipinski definition) is 7. The molecule has 116 valence electrons. The van der Waals surface area contributed by atoms with Crippen molar-refractivity contribution in [3.05, 3.63) is 39.9 Å². The van der Waals surface area contributed by atoms with Crippen LogP contribution in [0.4, 0.5) is 10.8 Å². The quantitative estimate of drug-likeness (QED) is 0.468. The maximum atomic E-state index is 10.9. The van der Waals surface area contributed by atoms with Gasteiger partial charge in [0.2, 0.25) is 5.13 Å². The number of nitrogens with zero attached hydrogens (tertiary/aromatic N) is 4. The van der Waals surface area contributed by atoms with Crippen molar-refractivity contribution in [1.29, 1.82) is 0 Å². The van der Waals surface area contributed by atoms with Crippen molar-refractivity contribution in [3.63, 3.8) is 0 Å². The van der Waals surface area contributed by atoms with E-state index in [-0.39, 0.29) is 15.9 Å². The Balaban J connectivity index is 1.70. The Morgan fingerprint density at radius 1 is 1.36 bits per heavy atom. The third-order valence-corrected chi connectivity index (χ3v) is 5.83. The van der Waals surface area contributed by atoms with Crippen LogP contribution < -0.4 is 4.90 Å². The molecule has 0 unspecified atom stereocenters. The van der Waals surface area contributed by atoms with Crippen molar-refractivity contribution in [2.24, 2.45) is 0 Å². The van der Waals surface area contributed by atoms with Gasteiger partial charge in [0.15, 0.2) is 4.34 Å². The number of nitro benzene ring substituents is 1. The lowest BCUT2D eigenvalue weighted by atomic mass is 10.1. The van der Waals surface area contributed by atoms with Gasteiger partial charge in [-0.3, -0.25) is 10.1 Å². The van der Waals surface area contributed by atoms with E-state index in [4.69, 9.17) is 0 Å². The molecule has 2 aromatic rings. The molecule has 1 aliphatic heterocycles. The molecule has 0 saturated carbocycles. The first-order valence-electron chi connectivity index (χ1n) is 7.13. The van der Waals surface area contributed by atoms with Crippen LogP contribution in [0, 0.1) is 10.1 Å². The smallest absolute Gasteiger partial charge is 0.269 e. The van der Waals surface area contributed by atoms with Crippen LogP contribution in [0.25, 0.3) is 0 Å². The first-order valence-corrected chi connectivity index (χ1v) is 8.82. The van der Waals surface area contributed by atoms with Crippen LogP contribution in [0.1, 0.15) is 30.6 Å². The van der Waals surface area contributed by atoms with Gasteiger partial charge in [-0.05, 0) is 25.3 Å². The largest absolute Gasteiger partial charge is 0.347 e. The number of aromatic nitrogens is 2. The van der Waals surface area contributed by atoms with E-state index in [1.807, 2.05) is 13.0 Å². The average Bonchev–Trinajstić information content (AvgIpc) is 3.18. The Morgan fingerprint density at radius 2 is 2.14 bits per heavy atom. The van der Waals surface area contributed by atoms with Crippen molar-refractivity contribution in [3.8, 4) is 0 Å². The summed E-state index contributed by atoms with van der Waals surface area (Å²) in [5.74, 6) is 0. The van der Waals surface area contributed by atoms with Crippen LogP contribution in [0.5, 0.6) is 0 Å². The molecule has 1 aromatic heterocycles. The van der Waals surface area contributed by atoms with Crippen LogP contribution in [0.3, 0.4) is 0 Å². The molecular formula is C14H16N4O2S2. The summed E-state index contributed by atoms with van der Waals surface area (Å²) in [5, 5.41) is 20.4. The van der Waals surface area contributed by atoms with E-state index < -0.39 is 0 Å².